The summed E-state index contributed by atoms with van der Waals surface area (Å²) in [6.45, 7) is 0. The van der Waals surface area contributed by atoms with E-state index >= 15 is 0 Å². The highest BCUT2D eigenvalue weighted by Crippen LogP contribution is 2.21. The molecule has 0 aliphatic rings. The molecule has 0 aromatic heterocycles. The van der Waals surface area contributed by atoms with Crippen LogP contribution in [0.4, 0.5) is 0 Å². The van der Waals surface area contributed by atoms with E-state index in [4.69, 9.17) is 11.6 Å². The fraction of sp³-hybridized carbons (Fsp3) is 0.133. The Labute approximate surface area is 116 Å². The Morgan fingerprint density at radius 3 is 2.39 bits per heavy atom. The highest BCUT2D eigenvalue weighted by atomic mass is 35.5. The van der Waals surface area contributed by atoms with Gasteiger partial charge in [0.25, 0.3) is 0 Å². The first kappa shape index (κ1) is 13.2. The molecule has 0 spiro atoms. The summed E-state index contributed by atoms with van der Waals surface area (Å²) in [6.07, 6.45) is 0. The van der Waals surface area contributed by atoms with Crippen molar-refractivity contribution in [2.24, 2.45) is 0 Å². The Kier molecular flexibility index (Phi) is 4.85. The predicted molar refractivity (Wildman–Crippen MR) is 78.4 cm³/mol. The Bertz CT molecular complexity index is 525. The summed E-state index contributed by atoms with van der Waals surface area (Å²) in [7, 11) is 0. The molecule has 18 heavy (non-hydrogen) atoms. The first-order valence-corrected chi connectivity index (χ1v) is 7.20. The Balaban J connectivity index is 1.86. The van der Waals surface area contributed by atoms with Crippen LogP contribution >= 0.6 is 23.4 Å². The number of carbonyl (C=O) groups is 1. The van der Waals surface area contributed by atoms with Crippen molar-refractivity contribution in [2.75, 3.05) is 5.75 Å². The second-order valence-electron chi connectivity index (χ2n) is 3.87. The van der Waals surface area contributed by atoms with Crippen molar-refractivity contribution >= 4 is 29.1 Å². The van der Waals surface area contributed by atoms with Gasteiger partial charge in [-0.1, -0.05) is 60.1 Å². The summed E-state index contributed by atoms with van der Waals surface area (Å²) in [6, 6.07) is 17.1. The number of hydrogen-bond acceptors (Lipinski definition) is 2. The third-order valence-electron chi connectivity index (χ3n) is 2.54. The molecular formula is C15H13ClOS. The average molecular weight is 277 g/mol. The van der Waals surface area contributed by atoms with Crippen molar-refractivity contribution in [3.05, 3.63) is 70.7 Å². The van der Waals surface area contributed by atoms with Crippen LogP contribution in [-0.4, -0.2) is 11.5 Å². The van der Waals surface area contributed by atoms with Gasteiger partial charge < -0.3 is 0 Å². The zero-order valence-corrected chi connectivity index (χ0v) is 11.4. The van der Waals surface area contributed by atoms with Crippen LogP contribution < -0.4 is 0 Å². The highest BCUT2D eigenvalue weighted by Gasteiger charge is 2.06. The number of ketones is 1. The van der Waals surface area contributed by atoms with Gasteiger partial charge in [0.1, 0.15) is 0 Å². The molecule has 1 nitrogen and oxygen atoms in total. The van der Waals surface area contributed by atoms with Crippen molar-refractivity contribution in [3.8, 4) is 0 Å². The van der Waals surface area contributed by atoms with E-state index in [-0.39, 0.29) is 5.78 Å². The molecule has 0 fully saturated rings. The lowest BCUT2D eigenvalue weighted by Gasteiger charge is -2.03. The van der Waals surface area contributed by atoms with E-state index in [1.165, 1.54) is 0 Å². The van der Waals surface area contributed by atoms with Crippen LogP contribution in [-0.2, 0) is 5.75 Å². The first-order valence-electron chi connectivity index (χ1n) is 5.67. The van der Waals surface area contributed by atoms with E-state index < -0.39 is 0 Å². The molecule has 0 saturated heterocycles. The van der Waals surface area contributed by atoms with Gasteiger partial charge in [0.05, 0.1) is 5.75 Å². The summed E-state index contributed by atoms with van der Waals surface area (Å²) in [5, 5.41) is 0.761. The third kappa shape index (κ3) is 3.62. The monoisotopic (exact) mass is 276 g/mol. The molecule has 0 saturated carbocycles. The van der Waals surface area contributed by atoms with Crippen molar-refractivity contribution < 1.29 is 4.79 Å². The number of benzene rings is 2. The molecule has 0 unspecified atom stereocenters. The normalized spacial score (nSPS) is 10.3. The molecule has 3 heteroatoms. The number of Topliss-reactive ketones (excluding diaryl/α,β-unsaturated/α-hetero) is 1. The summed E-state index contributed by atoms with van der Waals surface area (Å²) in [5.74, 6) is 1.40. The van der Waals surface area contributed by atoms with E-state index in [9.17, 15) is 4.79 Å². The minimum Gasteiger partial charge on any atom is -0.293 e. The van der Waals surface area contributed by atoms with Gasteiger partial charge >= 0.3 is 0 Å². The number of hydrogen-bond donors (Lipinski definition) is 0. The lowest BCUT2D eigenvalue weighted by atomic mass is 10.2. The van der Waals surface area contributed by atoms with Gasteiger partial charge in [0, 0.05) is 16.3 Å². The second kappa shape index (κ2) is 6.62. The van der Waals surface area contributed by atoms with Gasteiger partial charge in [0.15, 0.2) is 5.78 Å². The molecular weight excluding hydrogens is 264 g/mol. The fourth-order valence-electron chi connectivity index (χ4n) is 1.58. The van der Waals surface area contributed by atoms with Crippen molar-refractivity contribution in [3.63, 3.8) is 0 Å². The van der Waals surface area contributed by atoms with Crippen LogP contribution in [0.1, 0.15) is 15.9 Å². The molecule has 0 N–H and O–H groups in total. The average Bonchev–Trinajstić information content (AvgIpc) is 2.42. The van der Waals surface area contributed by atoms with E-state index in [1.807, 2.05) is 54.6 Å². The lowest BCUT2D eigenvalue weighted by Crippen LogP contribution is -2.02. The molecule has 0 atom stereocenters. The van der Waals surface area contributed by atoms with Gasteiger partial charge in [-0.15, -0.1) is 11.8 Å². The number of carbonyl (C=O) groups excluding carboxylic acids is 1. The second-order valence-corrected chi connectivity index (χ2v) is 5.27. The quantitative estimate of drug-likeness (QED) is 0.750. The van der Waals surface area contributed by atoms with E-state index in [1.54, 1.807) is 11.8 Å². The lowest BCUT2D eigenvalue weighted by molar-refractivity contribution is 0.102. The van der Waals surface area contributed by atoms with Crippen LogP contribution in [0.25, 0.3) is 0 Å². The largest absolute Gasteiger partial charge is 0.293 e. The fourth-order valence-corrected chi connectivity index (χ4v) is 2.78. The van der Waals surface area contributed by atoms with Gasteiger partial charge in [-0.05, 0) is 11.6 Å². The van der Waals surface area contributed by atoms with E-state index in [0.29, 0.717) is 5.75 Å². The molecule has 0 bridgehead atoms. The zero-order chi connectivity index (χ0) is 12.8. The number of halogens is 1. The van der Waals surface area contributed by atoms with Gasteiger partial charge in [-0.3, -0.25) is 4.79 Å². The maximum Gasteiger partial charge on any atom is 0.172 e. The molecule has 0 heterocycles. The molecule has 0 radical (unpaired) electrons. The SMILES string of the molecule is O=C(CSCc1ccccc1Cl)c1ccccc1. The van der Waals surface area contributed by atoms with Gasteiger partial charge in [-0.25, -0.2) is 0 Å². The standard InChI is InChI=1S/C15H13ClOS/c16-14-9-5-4-8-13(14)10-18-11-15(17)12-6-2-1-3-7-12/h1-9H,10-11H2. The van der Waals surface area contributed by atoms with Crippen LogP contribution in [0.2, 0.25) is 5.02 Å². The summed E-state index contributed by atoms with van der Waals surface area (Å²) < 4.78 is 0. The number of rotatable bonds is 5. The molecule has 2 rings (SSSR count). The molecule has 0 aliphatic carbocycles. The molecule has 2 aromatic rings. The molecule has 0 aliphatic heterocycles. The molecule has 2 aromatic carbocycles. The van der Waals surface area contributed by atoms with Crippen LogP contribution in [0.3, 0.4) is 0 Å². The smallest absolute Gasteiger partial charge is 0.172 e. The minimum atomic E-state index is 0.160. The Morgan fingerprint density at radius 2 is 1.67 bits per heavy atom. The van der Waals surface area contributed by atoms with Gasteiger partial charge in [0.2, 0.25) is 0 Å². The highest BCUT2D eigenvalue weighted by molar-refractivity contribution is 7.99. The predicted octanol–water partition coefficient (Wildman–Crippen LogP) is 4.46. The van der Waals surface area contributed by atoms with Crippen molar-refractivity contribution in [1.82, 2.24) is 0 Å². The summed E-state index contributed by atoms with van der Waals surface area (Å²) in [4.78, 5) is 11.9. The van der Waals surface area contributed by atoms with E-state index in [0.717, 1.165) is 21.9 Å². The van der Waals surface area contributed by atoms with Crippen molar-refractivity contribution in [1.29, 1.82) is 0 Å². The third-order valence-corrected chi connectivity index (χ3v) is 3.89. The maximum atomic E-state index is 11.9. The van der Waals surface area contributed by atoms with Crippen LogP contribution in [0, 0.1) is 0 Å². The Hall–Kier alpha value is -1.25. The van der Waals surface area contributed by atoms with Gasteiger partial charge in [-0.2, -0.15) is 0 Å². The number of thioether (sulfide) groups is 1. The summed E-state index contributed by atoms with van der Waals surface area (Å²) in [5.41, 5.74) is 1.84. The minimum absolute atomic E-state index is 0.160. The zero-order valence-electron chi connectivity index (χ0n) is 9.80. The summed E-state index contributed by atoms with van der Waals surface area (Å²) >= 11 is 7.65. The van der Waals surface area contributed by atoms with Crippen LogP contribution in [0.15, 0.2) is 54.6 Å². The molecule has 0 amide bonds. The molecule has 92 valence electrons. The van der Waals surface area contributed by atoms with E-state index in [2.05, 4.69) is 0 Å². The van der Waals surface area contributed by atoms with Crippen LogP contribution in [0.5, 0.6) is 0 Å². The maximum absolute atomic E-state index is 11.9. The first-order chi connectivity index (χ1) is 8.77. The topological polar surface area (TPSA) is 17.1 Å². The Morgan fingerprint density at radius 1 is 1.00 bits per heavy atom. The van der Waals surface area contributed by atoms with Crippen molar-refractivity contribution in [2.45, 2.75) is 5.75 Å².